The number of hydrogen-bond acceptors (Lipinski definition) is 4. The number of amides is 4. The van der Waals surface area contributed by atoms with Crippen molar-refractivity contribution in [2.24, 2.45) is 0 Å². The van der Waals surface area contributed by atoms with Crippen LogP contribution in [0.4, 0.5) is 4.79 Å². The van der Waals surface area contributed by atoms with Gasteiger partial charge in [-0.1, -0.05) is 48.5 Å². The summed E-state index contributed by atoms with van der Waals surface area (Å²) in [5.74, 6) is 0.303. The molecule has 0 saturated carbocycles. The number of H-pyrrole nitrogens is 1. The van der Waals surface area contributed by atoms with Gasteiger partial charge in [0.05, 0.1) is 11.0 Å². The van der Waals surface area contributed by atoms with E-state index < -0.39 is 17.5 Å². The van der Waals surface area contributed by atoms with Crippen molar-refractivity contribution in [1.82, 2.24) is 25.1 Å². The topological polar surface area (TPSA) is 98.4 Å². The summed E-state index contributed by atoms with van der Waals surface area (Å²) in [5.41, 5.74) is 1.35. The Balaban J connectivity index is 1.18. The van der Waals surface area contributed by atoms with Crippen molar-refractivity contribution < 1.29 is 14.4 Å². The van der Waals surface area contributed by atoms with Gasteiger partial charge in [-0.2, -0.15) is 0 Å². The fourth-order valence-electron chi connectivity index (χ4n) is 5.36. The molecular formula is C28H27N5O3. The van der Waals surface area contributed by atoms with Gasteiger partial charge in [0.15, 0.2) is 0 Å². The molecule has 2 saturated heterocycles. The normalized spacial score (nSPS) is 22.4. The largest absolute Gasteiger partial charge is 0.342 e. The molecule has 2 aliphatic heterocycles. The maximum atomic E-state index is 13.4. The molecule has 2 unspecified atom stereocenters. The number of nitrogens with one attached hydrogen (secondary N) is 2. The maximum Gasteiger partial charge on any atom is 0.325 e. The van der Waals surface area contributed by atoms with E-state index in [1.807, 2.05) is 66.7 Å². The standard InChI is InChI=1S/C28H27N5O3/c1-28(21-13-12-18-7-2-3-8-19(18)15-21)26(35)33(27(36)31-28)17-24(34)32-14-6-9-20(16-32)25-29-22-10-4-5-11-23(22)30-25/h2-5,7-8,10-13,15,20H,6,9,14,16-17H2,1H3,(H,29,30)(H,31,36). The number of rotatable bonds is 4. The molecule has 1 aromatic heterocycles. The van der Waals surface area contributed by atoms with Crippen molar-refractivity contribution in [3.05, 3.63) is 78.1 Å². The lowest BCUT2D eigenvalue weighted by Gasteiger charge is -2.32. The van der Waals surface area contributed by atoms with Crippen LogP contribution in [0.2, 0.25) is 0 Å². The number of para-hydroxylation sites is 2. The third-order valence-electron chi connectivity index (χ3n) is 7.46. The van der Waals surface area contributed by atoms with E-state index in [4.69, 9.17) is 4.98 Å². The molecule has 182 valence electrons. The Morgan fingerprint density at radius 3 is 2.67 bits per heavy atom. The summed E-state index contributed by atoms with van der Waals surface area (Å²) < 4.78 is 0. The zero-order valence-corrected chi connectivity index (χ0v) is 20.0. The average molecular weight is 482 g/mol. The Hall–Kier alpha value is -4.20. The van der Waals surface area contributed by atoms with Crippen LogP contribution in [0.15, 0.2) is 66.7 Å². The van der Waals surface area contributed by atoms with Crippen LogP contribution in [0.5, 0.6) is 0 Å². The summed E-state index contributed by atoms with van der Waals surface area (Å²) in [6.07, 6.45) is 1.76. The molecule has 2 aliphatic rings. The fraction of sp³-hybridized carbons (Fsp3) is 0.286. The minimum Gasteiger partial charge on any atom is -0.342 e. The van der Waals surface area contributed by atoms with Gasteiger partial charge in [-0.3, -0.25) is 14.5 Å². The van der Waals surface area contributed by atoms with Crippen molar-refractivity contribution in [2.45, 2.75) is 31.2 Å². The van der Waals surface area contributed by atoms with Crippen LogP contribution in [-0.2, 0) is 15.1 Å². The van der Waals surface area contributed by atoms with Crippen LogP contribution < -0.4 is 5.32 Å². The van der Waals surface area contributed by atoms with Crippen molar-refractivity contribution in [2.75, 3.05) is 19.6 Å². The first-order chi connectivity index (χ1) is 17.4. The molecule has 0 aliphatic carbocycles. The highest BCUT2D eigenvalue weighted by molar-refractivity contribution is 6.09. The van der Waals surface area contributed by atoms with Crippen LogP contribution in [0.3, 0.4) is 0 Å². The summed E-state index contributed by atoms with van der Waals surface area (Å²) in [5, 5.41) is 4.86. The fourth-order valence-corrected chi connectivity index (χ4v) is 5.36. The number of carbonyl (C=O) groups is 3. The second-order valence-corrected chi connectivity index (χ2v) is 9.83. The van der Waals surface area contributed by atoms with Gasteiger partial charge in [-0.25, -0.2) is 9.78 Å². The van der Waals surface area contributed by atoms with Crippen LogP contribution in [0.25, 0.3) is 21.8 Å². The SMILES string of the molecule is CC1(c2ccc3ccccc3c2)NC(=O)N(CC(=O)N2CCCC(c3nc4ccccc4[nH]3)C2)C1=O. The van der Waals surface area contributed by atoms with Crippen molar-refractivity contribution >= 4 is 39.7 Å². The number of piperidine rings is 1. The molecule has 0 spiro atoms. The molecule has 8 nitrogen and oxygen atoms in total. The second kappa shape index (κ2) is 8.48. The summed E-state index contributed by atoms with van der Waals surface area (Å²) in [6.45, 7) is 2.52. The number of fused-ring (bicyclic) bond motifs is 2. The highest BCUT2D eigenvalue weighted by Crippen LogP contribution is 2.32. The van der Waals surface area contributed by atoms with Crippen LogP contribution >= 0.6 is 0 Å². The minimum absolute atomic E-state index is 0.0843. The Labute approximate surface area is 208 Å². The molecule has 36 heavy (non-hydrogen) atoms. The number of carbonyl (C=O) groups excluding carboxylic acids is 3. The molecule has 0 bridgehead atoms. The van der Waals surface area contributed by atoms with E-state index in [0.29, 0.717) is 18.7 Å². The molecule has 4 amide bonds. The summed E-state index contributed by atoms with van der Waals surface area (Å²) in [6, 6.07) is 20.9. The summed E-state index contributed by atoms with van der Waals surface area (Å²) >= 11 is 0. The zero-order valence-electron chi connectivity index (χ0n) is 20.0. The van der Waals surface area contributed by atoms with E-state index in [-0.39, 0.29) is 18.4 Å². The number of benzene rings is 3. The van der Waals surface area contributed by atoms with Crippen molar-refractivity contribution in [1.29, 1.82) is 0 Å². The Bertz CT molecular complexity index is 1480. The van der Waals surface area contributed by atoms with E-state index in [0.717, 1.165) is 45.4 Å². The Kier molecular flexibility index (Phi) is 5.25. The number of aromatic nitrogens is 2. The summed E-state index contributed by atoms with van der Waals surface area (Å²) in [7, 11) is 0. The van der Waals surface area contributed by atoms with E-state index in [1.165, 1.54) is 0 Å². The predicted octanol–water partition coefficient (Wildman–Crippen LogP) is 3.89. The van der Waals surface area contributed by atoms with Gasteiger partial charge in [0.1, 0.15) is 17.9 Å². The van der Waals surface area contributed by atoms with Crippen LogP contribution in [0.1, 0.15) is 37.1 Å². The van der Waals surface area contributed by atoms with Crippen LogP contribution in [-0.4, -0.2) is 57.2 Å². The zero-order chi connectivity index (χ0) is 24.9. The highest BCUT2D eigenvalue weighted by atomic mass is 16.2. The first kappa shape index (κ1) is 22.3. The van der Waals surface area contributed by atoms with Gasteiger partial charge in [-0.05, 0) is 54.3 Å². The number of aromatic amines is 1. The van der Waals surface area contributed by atoms with Crippen molar-refractivity contribution in [3.8, 4) is 0 Å². The molecule has 6 rings (SSSR count). The first-order valence-electron chi connectivity index (χ1n) is 12.3. The average Bonchev–Trinajstić information content (AvgIpc) is 3.43. The van der Waals surface area contributed by atoms with Gasteiger partial charge in [0.25, 0.3) is 5.91 Å². The van der Waals surface area contributed by atoms with Crippen molar-refractivity contribution in [3.63, 3.8) is 0 Å². The smallest absolute Gasteiger partial charge is 0.325 e. The van der Waals surface area contributed by atoms with E-state index >= 15 is 0 Å². The number of likely N-dealkylation sites (tertiary alicyclic amines) is 1. The molecule has 8 heteroatoms. The van der Waals surface area contributed by atoms with Gasteiger partial charge in [-0.15, -0.1) is 0 Å². The number of imide groups is 1. The molecule has 4 aromatic rings. The monoisotopic (exact) mass is 481 g/mol. The predicted molar refractivity (Wildman–Crippen MR) is 136 cm³/mol. The summed E-state index contributed by atoms with van der Waals surface area (Å²) in [4.78, 5) is 50.4. The number of nitrogens with zero attached hydrogens (tertiary/aromatic N) is 3. The first-order valence-corrected chi connectivity index (χ1v) is 12.3. The third kappa shape index (κ3) is 3.69. The molecule has 2 N–H and O–H groups in total. The molecule has 2 atom stereocenters. The second-order valence-electron chi connectivity index (χ2n) is 9.83. The van der Waals surface area contributed by atoms with Gasteiger partial charge >= 0.3 is 6.03 Å². The molecule has 3 heterocycles. The number of urea groups is 1. The molecule has 3 aromatic carbocycles. The molecular weight excluding hydrogens is 454 g/mol. The lowest BCUT2D eigenvalue weighted by atomic mass is 9.90. The quantitative estimate of drug-likeness (QED) is 0.432. The number of imidazole rings is 1. The van der Waals surface area contributed by atoms with E-state index in [1.54, 1.807) is 11.8 Å². The Morgan fingerprint density at radius 1 is 1.06 bits per heavy atom. The van der Waals surface area contributed by atoms with E-state index in [9.17, 15) is 14.4 Å². The van der Waals surface area contributed by atoms with Gasteiger partial charge in [0, 0.05) is 19.0 Å². The lowest BCUT2D eigenvalue weighted by Crippen LogP contribution is -2.47. The number of hydrogen-bond donors (Lipinski definition) is 2. The van der Waals surface area contributed by atoms with Gasteiger partial charge in [0.2, 0.25) is 5.91 Å². The Morgan fingerprint density at radius 2 is 1.83 bits per heavy atom. The maximum absolute atomic E-state index is 13.4. The van der Waals surface area contributed by atoms with Gasteiger partial charge < -0.3 is 15.2 Å². The highest BCUT2D eigenvalue weighted by Gasteiger charge is 2.50. The lowest BCUT2D eigenvalue weighted by molar-refractivity contribution is -0.139. The van der Waals surface area contributed by atoms with Crippen LogP contribution in [0, 0.1) is 0 Å². The molecule has 2 fully saturated rings. The van der Waals surface area contributed by atoms with E-state index in [2.05, 4.69) is 10.3 Å². The third-order valence-corrected chi connectivity index (χ3v) is 7.46. The molecule has 0 radical (unpaired) electrons. The minimum atomic E-state index is -1.22.